The zero-order chi connectivity index (χ0) is 16.7. The Balaban J connectivity index is 2.07. The number of ether oxygens (including phenoxy) is 2. The second-order valence-electron chi connectivity index (χ2n) is 4.36. The predicted molar refractivity (Wildman–Crippen MR) is 91.8 cm³/mol. The van der Waals surface area contributed by atoms with Crippen LogP contribution in [0.5, 0.6) is 11.5 Å². The Morgan fingerprint density at radius 1 is 1.17 bits per heavy atom. The Hall–Kier alpha value is -2.42. The van der Waals surface area contributed by atoms with Crippen LogP contribution < -0.4 is 14.9 Å². The smallest absolute Gasteiger partial charge is 0.174 e. The first-order chi connectivity index (χ1) is 11.1. The van der Waals surface area contributed by atoms with Crippen molar-refractivity contribution in [2.75, 3.05) is 19.1 Å². The molecule has 0 amide bonds. The normalized spacial score (nSPS) is 10.3. The van der Waals surface area contributed by atoms with E-state index >= 15 is 0 Å². The highest BCUT2D eigenvalue weighted by molar-refractivity contribution is 6.42. The molecule has 0 unspecified atom stereocenters. The van der Waals surface area contributed by atoms with Crippen molar-refractivity contribution in [1.82, 2.24) is 0 Å². The maximum Gasteiger partial charge on any atom is 0.174 e. The number of methoxy groups -OCH3 is 1. The molecule has 1 N–H and O–H groups in total. The van der Waals surface area contributed by atoms with E-state index in [0.29, 0.717) is 21.5 Å². The van der Waals surface area contributed by atoms with E-state index in [4.69, 9.17) is 37.9 Å². The van der Waals surface area contributed by atoms with Gasteiger partial charge in [0.1, 0.15) is 6.07 Å². The second kappa shape index (κ2) is 8.28. The Kier molecular flexibility index (Phi) is 6.10. The zero-order valence-electron chi connectivity index (χ0n) is 12.2. The largest absolute Gasteiger partial charge is 0.493 e. The van der Waals surface area contributed by atoms with E-state index < -0.39 is 0 Å². The molecule has 0 aromatic heterocycles. The fourth-order valence-electron chi connectivity index (χ4n) is 1.74. The summed E-state index contributed by atoms with van der Waals surface area (Å²) >= 11 is 11.8. The third-order valence-corrected chi connectivity index (χ3v) is 3.55. The minimum Gasteiger partial charge on any atom is -0.493 e. The molecule has 2 aromatic rings. The summed E-state index contributed by atoms with van der Waals surface area (Å²) < 4.78 is 10.5. The van der Waals surface area contributed by atoms with Gasteiger partial charge in [-0.3, -0.25) is 5.43 Å². The topological polar surface area (TPSA) is 66.6 Å². The fraction of sp³-hybridized carbons (Fsp3) is 0.125. The number of anilines is 1. The van der Waals surface area contributed by atoms with Crippen molar-refractivity contribution in [3.8, 4) is 17.6 Å². The van der Waals surface area contributed by atoms with Gasteiger partial charge in [0.25, 0.3) is 0 Å². The van der Waals surface area contributed by atoms with Gasteiger partial charge in [-0.15, -0.1) is 0 Å². The van der Waals surface area contributed by atoms with E-state index in [2.05, 4.69) is 10.5 Å². The van der Waals surface area contributed by atoms with Crippen molar-refractivity contribution in [1.29, 1.82) is 5.26 Å². The number of rotatable bonds is 6. The standard InChI is InChI=1S/C16H13Cl2N3O2/c1-22-16-8-11(2-5-15(16)23-7-6-19)10-20-21-12-3-4-13(17)14(18)9-12/h2-5,8-10,21H,7H2,1H3/b20-10-. The van der Waals surface area contributed by atoms with Gasteiger partial charge in [0.15, 0.2) is 18.1 Å². The van der Waals surface area contributed by atoms with Gasteiger partial charge in [0.05, 0.1) is 29.1 Å². The average Bonchev–Trinajstić information content (AvgIpc) is 2.56. The van der Waals surface area contributed by atoms with Crippen LogP contribution in [0.25, 0.3) is 0 Å². The molecule has 0 aliphatic carbocycles. The molecule has 0 atom stereocenters. The summed E-state index contributed by atoms with van der Waals surface area (Å²) in [5.74, 6) is 1.03. The first kappa shape index (κ1) is 16.9. The molecule has 0 fully saturated rings. The molecular weight excluding hydrogens is 337 g/mol. The molecule has 2 rings (SSSR count). The number of nitrogens with zero attached hydrogens (tertiary/aromatic N) is 2. The molecule has 5 nitrogen and oxygen atoms in total. The minimum absolute atomic E-state index is 0.0390. The average molecular weight is 350 g/mol. The molecule has 2 aromatic carbocycles. The highest BCUT2D eigenvalue weighted by Gasteiger charge is 2.04. The minimum atomic E-state index is -0.0390. The number of halogens is 2. The quantitative estimate of drug-likeness (QED) is 0.621. The maximum atomic E-state index is 8.54. The van der Waals surface area contributed by atoms with Crippen LogP contribution in [0, 0.1) is 11.3 Å². The molecule has 0 heterocycles. The summed E-state index contributed by atoms with van der Waals surface area (Å²) in [6.45, 7) is -0.0390. The molecule has 0 bridgehead atoms. The molecule has 0 spiro atoms. The van der Waals surface area contributed by atoms with E-state index in [0.717, 1.165) is 11.3 Å². The molecule has 0 radical (unpaired) electrons. The lowest BCUT2D eigenvalue weighted by atomic mass is 10.2. The highest BCUT2D eigenvalue weighted by atomic mass is 35.5. The number of nitrogens with one attached hydrogen (secondary N) is 1. The third-order valence-electron chi connectivity index (χ3n) is 2.81. The Bertz CT molecular complexity index is 757. The Morgan fingerprint density at radius 2 is 2.00 bits per heavy atom. The van der Waals surface area contributed by atoms with Crippen molar-refractivity contribution in [2.45, 2.75) is 0 Å². The first-order valence-corrected chi connectivity index (χ1v) is 7.31. The van der Waals surface area contributed by atoms with Crippen molar-refractivity contribution < 1.29 is 9.47 Å². The summed E-state index contributed by atoms with van der Waals surface area (Å²) in [7, 11) is 1.53. The molecule has 118 valence electrons. The molecule has 0 aliphatic heterocycles. The van der Waals surface area contributed by atoms with Crippen LogP contribution in [-0.4, -0.2) is 19.9 Å². The summed E-state index contributed by atoms with van der Waals surface area (Å²) in [5.41, 5.74) is 4.38. The summed E-state index contributed by atoms with van der Waals surface area (Å²) in [6.07, 6.45) is 1.62. The lowest BCUT2D eigenvalue weighted by Gasteiger charge is -2.08. The van der Waals surface area contributed by atoms with Gasteiger partial charge in [-0.1, -0.05) is 23.2 Å². The Morgan fingerprint density at radius 3 is 2.70 bits per heavy atom. The van der Waals surface area contributed by atoms with Crippen LogP contribution >= 0.6 is 23.2 Å². The van der Waals surface area contributed by atoms with E-state index in [-0.39, 0.29) is 6.61 Å². The SMILES string of the molecule is COc1cc(/C=N\Nc2ccc(Cl)c(Cl)c2)ccc1OCC#N. The van der Waals surface area contributed by atoms with Crippen molar-refractivity contribution in [3.63, 3.8) is 0 Å². The molecular formula is C16H13Cl2N3O2. The molecule has 0 saturated heterocycles. The molecule has 23 heavy (non-hydrogen) atoms. The van der Waals surface area contributed by atoms with Gasteiger partial charge in [-0.05, 0) is 42.0 Å². The highest BCUT2D eigenvalue weighted by Crippen LogP contribution is 2.27. The number of hydrazone groups is 1. The molecule has 0 saturated carbocycles. The number of benzene rings is 2. The van der Waals surface area contributed by atoms with Crippen LogP contribution in [0.2, 0.25) is 10.0 Å². The summed E-state index contributed by atoms with van der Waals surface area (Å²) in [4.78, 5) is 0. The van der Waals surface area contributed by atoms with Crippen LogP contribution in [-0.2, 0) is 0 Å². The summed E-state index contributed by atoms with van der Waals surface area (Å²) in [5, 5.41) is 13.6. The fourth-order valence-corrected chi connectivity index (χ4v) is 2.04. The third kappa shape index (κ3) is 4.78. The lowest BCUT2D eigenvalue weighted by Crippen LogP contribution is -1.98. The van der Waals surface area contributed by atoms with Crippen molar-refractivity contribution in [3.05, 3.63) is 52.0 Å². The van der Waals surface area contributed by atoms with Crippen LogP contribution in [0.1, 0.15) is 5.56 Å². The lowest BCUT2D eigenvalue weighted by molar-refractivity contribution is 0.329. The maximum absolute atomic E-state index is 8.54. The second-order valence-corrected chi connectivity index (χ2v) is 5.17. The van der Waals surface area contributed by atoms with Crippen molar-refractivity contribution >= 4 is 35.1 Å². The van der Waals surface area contributed by atoms with Gasteiger partial charge in [0.2, 0.25) is 0 Å². The van der Waals surface area contributed by atoms with Gasteiger partial charge in [0, 0.05) is 0 Å². The number of nitriles is 1. The van der Waals surface area contributed by atoms with Gasteiger partial charge in [-0.2, -0.15) is 10.4 Å². The first-order valence-electron chi connectivity index (χ1n) is 6.56. The zero-order valence-corrected chi connectivity index (χ0v) is 13.7. The van der Waals surface area contributed by atoms with Crippen molar-refractivity contribution in [2.24, 2.45) is 5.10 Å². The molecule has 0 aliphatic rings. The number of hydrogen-bond donors (Lipinski definition) is 1. The predicted octanol–water partition coefficient (Wildman–Crippen LogP) is 4.35. The molecule has 7 heteroatoms. The van der Waals surface area contributed by atoms with E-state index in [1.807, 2.05) is 6.07 Å². The summed E-state index contributed by atoms with van der Waals surface area (Å²) in [6, 6.07) is 12.3. The van der Waals surface area contributed by atoms with E-state index in [1.165, 1.54) is 7.11 Å². The van der Waals surface area contributed by atoms with Gasteiger partial charge >= 0.3 is 0 Å². The van der Waals surface area contributed by atoms with Crippen LogP contribution in [0.15, 0.2) is 41.5 Å². The number of hydrogen-bond acceptors (Lipinski definition) is 5. The van der Waals surface area contributed by atoms with Crippen LogP contribution in [0.4, 0.5) is 5.69 Å². The Labute approximate surface area is 144 Å². The van der Waals surface area contributed by atoms with Crippen LogP contribution in [0.3, 0.4) is 0 Å². The van der Waals surface area contributed by atoms with E-state index in [1.54, 1.807) is 42.6 Å². The van der Waals surface area contributed by atoms with E-state index in [9.17, 15) is 0 Å². The monoisotopic (exact) mass is 349 g/mol. The van der Waals surface area contributed by atoms with Gasteiger partial charge < -0.3 is 9.47 Å². The van der Waals surface area contributed by atoms with Gasteiger partial charge in [-0.25, -0.2) is 0 Å².